The number of anilines is 1. The molecule has 204 valence electrons. The summed E-state index contributed by atoms with van der Waals surface area (Å²) in [7, 11) is 0. The first-order valence-electron chi connectivity index (χ1n) is 12.1. The topological polar surface area (TPSA) is 138 Å². The van der Waals surface area contributed by atoms with Gasteiger partial charge in [-0.2, -0.15) is 0 Å². The molecule has 0 atom stereocenters. The molecule has 0 radical (unpaired) electrons. The molecular formula is C26H33N5O5S2. The summed E-state index contributed by atoms with van der Waals surface area (Å²) in [5, 5.41) is 12.0. The van der Waals surface area contributed by atoms with Crippen molar-refractivity contribution in [2.75, 3.05) is 17.7 Å². The summed E-state index contributed by atoms with van der Waals surface area (Å²) in [5.41, 5.74) is 7.23. The van der Waals surface area contributed by atoms with Crippen molar-refractivity contribution in [1.82, 2.24) is 14.8 Å². The number of rotatable bonds is 11. The van der Waals surface area contributed by atoms with Crippen LogP contribution in [0.25, 0.3) is 0 Å². The Bertz CT molecular complexity index is 1310. The molecule has 3 aromatic rings. The highest BCUT2D eigenvalue weighted by atomic mass is 32.2. The van der Waals surface area contributed by atoms with E-state index in [-0.39, 0.29) is 45.7 Å². The Morgan fingerprint density at radius 1 is 1.13 bits per heavy atom. The molecule has 0 saturated carbocycles. The number of benzene rings is 1. The minimum absolute atomic E-state index is 0.0123. The van der Waals surface area contributed by atoms with E-state index in [1.807, 2.05) is 23.6 Å². The Hall–Kier alpha value is -3.38. The number of carbonyl (C=O) groups is 3. The van der Waals surface area contributed by atoms with Crippen LogP contribution in [0.15, 0.2) is 29.4 Å². The van der Waals surface area contributed by atoms with E-state index in [4.69, 9.17) is 15.2 Å². The summed E-state index contributed by atoms with van der Waals surface area (Å²) in [4.78, 5) is 37.1. The third-order valence-corrected chi connectivity index (χ3v) is 7.82. The zero-order valence-corrected chi connectivity index (χ0v) is 24.0. The van der Waals surface area contributed by atoms with Gasteiger partial charge in [-0.15, -0.1) is 21.5 Å². The number of nitrogens with two attached hydrogens (primary N) is 1. The SMILES string of the molecule is CCOC(=O)c1c(NC(=O)CSc2nnc(COc3ccc(C(C)(C)C)cc3)n2CC)sc(C(N)=O)c1C. The molecule has 1 aromatic carbocycles. The van der Waals surface area contributed by atoms with E-state index in [1.165, 1.54) is 17.3 Å². The lowest BCUT2D eigenvalue weighted by Gasteiger charge is -2.19. The molecule has 0 aliphatic heterocycles. The van der Waals surface area contributed by atoms with E-state index >= 15 is 0 Å². The zero-order valence-electron chi connectivity index (χ0n) is 22.4. The first kappa shape index (κ1) is 29.2. The van der Waals surface area contributed by atoms with E-state index < -0.39 is 11.9 Å². The summed E-state index contributed by atoms with van der Waals surface area (Å²) < 4.78 is 12.9. The molecule has 2 heterocycles. The molecule has 3 N–H and O–H groups in total. The number of nitrogens with one attached hydrogen (secondary N) is 1. The normalized spacial score (nSPS) is 11.3. The van der Waals surface area contributed by atoms with E-state index in [2.05, 4.69) is 48.4 Å². The Morgan fingerprint density at radius 2 is 1.82 bits per heavy atom. The number of ether oxygens (including phenoxy) is 2. The van der Waals surface area contributed by atoms with Gasteiger partial charge in [-0.05, 0) is 49.4 Å². The summed E-state index contributed by atoms with van der Waals surface area (Å²) >= 11 is 2.16. The summed E-state index contributed by atoms with van der Waals surface area (Å²) in [6.07, 6.45) is 0. The highest BCUT2D eigenvalue weighted by Gasteiger charge is 2.26. The van der Waals surface area contributed by atoms with Crippen LogP contribution in [-0.4, -0.2) is 44.9 Å². The van der Waals surface area contributed by atoms with Crippen LogP contribution in [0.4, 0.5) is 5.00 Å². The van der Waals surface area contributed by atoms with E-state index in [0.29, 0.717) is 23.1 Å². The van der Waals surface area contributed by atoms with Gasteiger partial charge < -0.3 is 25.1 Å². The molecule has 0 spiro atoms. The number of primary amides is 1. The second-order valence-electron chi connectivity index (χ2n) is 9.39. The first-order valence-corrected chi connectivity index (χ1v) is 13.9. The van der Waals surface area contributed by atoms with Crippen LogP contribution in [0.1, 0.15) is 71.6 Å². The molecule has 38 heavy (non-hydrogen) atoms. The fourth-order valence-corrected chi connectivity index (χ4v) is 5.51. The van der Waals surface area contributed by atoms with Gasteiger partial charge >= 0.3 is 5.97 Å². The first-order chi connectivity index (χ1) is 18.0. The minimum atomic E-state index is -0.677. The lowest BCUT2D eigenvalue weighted by Crippen LogP contribution is -2.17. The van der Waals surface area contributed by atoms with Gasteiger partial charge in [-0.25, -0.2) is 4.79 Å². The van der Waals surface area contributed by atoms with Crippen molar-refractivity contribution >= 4 is 45.9 Å². The van der Waals surface area contributed by atoms with Gasteiger partial charge in [-0.3, -0.25) is 9.59 Å². The van der Waals surface area contributed by atoms with Crippen LogP contribution in [0.3, 0.4) is 0 Å². The average Bonchev–Trinajstić information content (AvgIpc) is 3.41. The minimum Gasteiger partial charge on any atom is -0.486 e. The van der Waals surface area contributed by atoms with Crippen molar-refractivity contribution in [1.29, 1.82) is 0 Å². The number of aromatic nitrogens is 3. The maximum Gasteiger partial charge on any atom is 0.341 e. The second-order valence-corrected chi connectivity index (χ2v) is 11.4. The van der Waals surface area contributed by atoms with E-state index in [9.17, 15) is 14.4 Å². The van der Waals surface area contributed by atoms with Crippen molar-refractivity contribution in [3.63, 3.8) is 0 Å². The molecule has 12 heteroatoms. The molecule has 0 saturated heterocycles. The monoisotopic (exact) mass is 559 g/mol. The Balaban J connectivity index is 1.65. The third-order valence-electron chi connectivity index (χ3n) is 5.63. The van der Waals surface area contributed by atoms with Crippen molar-refractivity contribution < 1.29 is 23.9 Å². The van der Waals surface area contributed by atoms with Gasteiger partial charge in [0.25, 0.3) is 5.91 Å². The highest BCUT2D eigenvalue weighted by Crippen LogP contribution is 2.34. The highest BCUT2D eigenvalue weighted by molar-refractivity contribution is 7.99. The van der Waals surface area contributed by atoms with Gasteiger partial charge in [0.15, 0.2) is 11.0 Å². The Labute approximate surface area is 230 Å². The number of thiophene rings is 1. The smallest absolute Gasteiger partial charge is 0.341 e. The lowest BCUT2D eigenvalue weighted by atomic mass is 9.87. The number of amides is 2. The maximum absolute atomic E-state index is 12.7. The van der Waals surface area contributed by atoms with Gasteiger partial charge in [0, 0.05) is 6.54 Å². The molecule has 0 fully saturated rings. The predicted octanol–water partition coefficient (Wildman–Crippen LogP) is 4.55. The van der Waals surface area contributed by atoms with Crippen LogP contribution in [-0.2, 0) is 28.1 Å². The number of nitrogens with zero attached hydrogens (tertiary/aromatic N) is 3. The fourth-order valence-electron chi connectivity index (χ4n) is 3.63. The second kappa shape index (κ2) is 12.4. The standard InChI is InChI=1S/C26H33N5O5S2/c1-7-31-18(13-36-17-11-9-16(10-12-17)26(4,5)6)29-30-25(31)37-14-19(32)28-23-20(24(34)35-8-2)15(3)21(38-23)22(27)33/h9-12H,7-8,13-14H2,1-6H3,(H2,27,33)(H,28,32). The predicted molar refractivity (Wildman–Crippen MR) is 148 cm³/mol. The molecule has 0 aliphatic rings. The van der Waals surface area contributed by atoms with Crippen LogP contribution >= 0.6 is 23.1 Å². The maximum atomic E-state index is 12.7. The van der Waals surface area contributed by atoms with Crippen molar-refractivity contribution in [2.45, 2.75) is 65.3 Å². The van der Waals surface area contributed by atoms with Crippen molar-refractivity contribution in [2.24, 2.45) is 5.73 Å². The van der Waals surface area contributed by atoms with E-state index in [1.54, 1.807) is 13.8 Å². The van der Waals surface area contributed by atoms with Crippen LogP contribution in [0.2, 0.25) is 0 Å². The average molecular weight is 560 g/mol. The van der Waals surface area contributed by atoms with Gasteiger partial charge in [0.05, 0.1) is 22.8 Å². The molecule has 0 bridgehead atoms. The van der Waals surface area contributed by atoms with Gasteiger partial charge in [-0.1, -0.05) is 44.7 Å². The third kappa shape index (κ3) is 6.93. The number of hydrogen-bond donors (Lipinski definition) is 2. The largest absolute Gasteiger partial charge is 0.486 e. The molecule has 2 amide bonds. The molecule has 0 aliphatic carbocycles. The zero-order chi connectivity index (χ0) is 28.0. The van der Waals surface area contributed by atoms with Gasteiger partial charge in [0.2, 0.25) is 5.91 Å². The molecule has 10 nitrogen and oxygen atoms in total. The number of carbonyl (C=O) groups excluding carboxylic acids is 3. The van der Waals surface area contributed by atoms with E-state index in [0.717, 1.165) is 17.1 Å². The van der Waals surface area contributed by atoms with Crippen molar-refractivity contribution in [3.05, 3.63) is 51.7 Å². The molecule has 0 unspecified atom stereocenters. The summed E-state index contributed by atoms with van der Waals surface area (Å²) in [5.74, 6) is -0.293. The summed E-state index contributed by atoms with van der Waals surface area (Å²) in [6.45, 7) is 12.7. The Kier molecular flexibility index (Phi) is 9.55. The van der Waals surface area contributed by atoms with Gasteiger partial charge in [0.1, 0.15) is 17.4 Å². The number of hydrogen-bond acceptors (Lipinski definition) is 9. The molecule has 3 rings (SSSR count). The molecule has 2 aromatic heterocycles. The summed E-state index contributed by atoms with van der Waals surface area (Å²) in [6, 6.07) is 7.98. The lowest BCUT2D eigenvalue weighted by molar-refractivity contribution is -0.113. The Morgan fingerprint density at radius 3 is 2.39 bits per heavy atom. The van der Waals surface area contributed by atoms with Crippen molar-refractivity contribution in [3.8, 4) is 5.75 Å². The van der Waals surface area contributed by atoms with Crippen LogP contribution in [0.5, 0.6) is 5.75 Å². The quantitative estimate of drug-likeness (QED) is 0.258. The van der Waals surface area contributed by atoms with Crippen LogP contribution in [0, 0.1) is 6.92 Å². The number of thioether (sulfide) groups is 1. The van der Waals surface area contributed by atoms with Crippen LogP contribution < -0.4 is 15.8 Å². The number of esters is 1. The fraction of sp³-hybridized carbons (Fsp3) is 0.423. The molecular weight excluding hydrogens is 526 g/mol.